The second kappa shape index (κ2) is 9.58. The van der Waals surface area contributed by atoms with Crippen molar-refractivity contribution in [1.29, 1.82) is 0 Å². The molecule has 0 saturated carbocycles. The van der Waals surface area contributed by atoms with E-state index in [1.165, 1.54) is 6.07 Å². The summed E-state index contributed by atoms with van der Waals surface area (Å²) in [6.45, 7) is 2.57. The molecule has 1 amide bonds. The number of benzene rings is 1. The zero-order chi connectivity index (χ0) is 13.4. The Morgan fingerprint density at radius 1 is 1.47 bits per heavy atom. The van der Waals surface area contributed by atoms with Crippen LogP contribution < -0.4 is 15.8 Å². The lowest BCUT2D eigenvalue weighted by Gasteiger charge is -2.11. The van der Waals surface area contributed by atoms with Crippen LogP contribution in [0.5, 0.6) is 5.75 Å². The van der Waals surface area contributed by atoms with Gasteiger partial charge >= 0.3 is 0 Å². The summed E-state index contributed by atoms with van der Waals surface area (Å²) in [7, 11) is 0. The molecule has 0 bridgehead atoms. The fourth-order valence-electron chi connectivity index (χ4n) is 1.38. The first-order chi connectivity index (χ1) is 8.63. The van der Waals surface area contributed by atoms with Gasteiger partial charge in [0.2, 0.25) is 5.91 Å². The van der Waals surface area contributed by atoms with Crippen LogP contribution in [0.4, 0.5) is 4.39 Å². The summed E-state index contributed by atoms with van der Waals surface area (Å²) in [5.41, 5.74) is 5.39. The van der Waals surface area contributed by atoms with Crippen molar-refractivity contribution >= 4 is 18.3 Å². The quantitative estimate of drug-likeness (QED) is 0.754. The molecule has 0 unspecified atom stereocenters. The van der Waals surface area contributed by atoms with Gasteiger partial charge in [-0.05, 0) is 25.5 Å². The van der Waals surface area contributed by atoms with Crippen molar-refractivity contribution in [2.24, 2.45) is 5.73 Å². The highest BCUT2D eigenvalue weighted by Crippen LogP contribution is 2.15. The standard InChI is InChI=1S/C13H19FN2O2.ClH/c1-10(9-15)16-13(17)7-4-8-18-12-6-3-2-5-11(12)14;/h2-3,5-6,10H,4,7-9,15H2,1H3,(H,16,17);1H/t10-;/m0./s1. The zero-order valence-electron chi connectivity index (χ0n) is 10.9. The lowest BCUT2D eigenvalue weighted by molar-refractivity contribution is -0.121. The summed E-state index contributed by atoms with van der Waals surface area (Å²) >= 11 is 0. The van der Waals surface area contributed by atoms with Gasteiger partial charge in [-0.2, -0.15) is 0 Å². The highest BCUT2D eigenvalue weighted by atomic mass is 35.5. The number of rotatable bonds is 7. The Labute approximate surface area is 118 Å². The summed E-state index contributed by atoms with van der Waals surface area (Å²) in [4.78, 5) is 11.4. The van der Waals surface area contributed by atoms with E-state index >= 15 is 0 Å². The molecule has 0 fully saturated rings. The molecule has 1 atom stereocenters. The van der Waals surface area contributed by atoms with E-state index in [4.69, 9.17) is 10.5 Å². The molecule has 0 spiro atoms. The molecule has 108 valence electrons. The van der Waals surface area contributed by atoms with E-state index in [-0.39, 0.29) is 30.1 Å². The molecule has 3 N–H and O–H groups in total. The Hall–Kier alpha value is -1.33. The molecule has 0 aliphatic heterocycles. The monoisotopic (exact) mass is 290 g/mol. The van der Waals surface area contributed by atoms with Gasteiger partial charge in [0.05, 0.1) is 6.61 Å². The van der Waals surface area contributed by atoms with E-state index in [2.05, 4.69) is 5.32 Å². The van der Waals surface area contributed by atoms with Crippen molar-refractivity contribution in [3.05, 3.63) is 30.1 Å². The van der Waals surface area contributed by atoms with E-state index in [0.29, 0.717) is 26.0 Å². The van der Waals surface area contributed by atoms with Crippen LogP contribution in [-0.2, 0) is 4.79 Å². The van der Waals surface area contributed by atoms with E-state index in [1.54, 1.807) is 18.2 Å². The summed E-state index contributed by atoms with van der Waals surface area (Å²) in [6, 6.07) is 6.18. The highest BCUT2D eigenvalue weighted by Gasteiger charge is 2.06. The molecule has 0 aromatic heterocycles. The van der Waals surface area contributed by atoms with Gasteiger partial charge in [-0.3, -0.25) is 4.79 Å². The molecule has 0 saturated heterocycles. The van der Waals surface area contributed by atoms with Gasteiger partial charge < -0.3 is 15.8 Å². The van der Waals surface area contributed by atoms with E-state index in [1.807, 2.05) is 6.92 Å². The predicted molar refractivity (Wildman–Crippen MR) is 75.0 cm³/mol. The first-order valence-corrected chi connectivity index (χ1v) is 6.00. The van der Waals surface area contributed by atoms with Crippen molar-refractivity contribution in [2.45, 2.75) is 25.8 Å². The maximum absolute atomic E-state index is 13.2. The van der Waals surface area contributed by atoms with E-state index in [0.717, 1.165) is 0 Å². The Morgan fingerprint density at radius 2 is 2.16 bits per heavy atom. The number of carbonyl (C=O) groups is 1. The molecule has 1 rings (SSSR count). The van der Waals surface area contributed by atoms with Crippen LogP contribution in [0, 0.1) is 5.82 Å². The number of carbonyl (C=O) groups excluding carboxylic acids is 1. The summed E-state index contributed by atoms with van der Waals surface area (Å²) in [5.74, 6) is -0.239. The number of hydrogen-bond acceptors (Lipinski definition) is 3. The predicted octanol–water partition coefficient (Wildman–Crippen LogP) is 1.87. The fourth-order valence-corrected chi connectivity index (χ4v) is 1.38. The molecule has 0 aliphatic carbocycles. The number of ether oxygens (including phenoxy) is 1. The topological polar surface area (TPSA) is 64.3 Å². The minimum Gasteiger partial charge on any atom is -0.491 e. The normalized spacial score (nSPS) is 11.3. The van der Waals surface area contributed by atoms with Crippen molar-refractivity contribution in [3.8, 4) is 5.75 Å². The van der Waals surface area contributed by atoms with Crippen molar-refractivity contribution < 1.29 is 13.9 Å². The van der Waals surface area contributed by atoms with Crippen LogP contribution in [0.25, 0.3) is 0 Å². The fraction of sp³-hybridized carbons (Fsp3) is 0.462. The smallest absolute Gasteiger partial charge is 0.220 e. The van der Waals surface area contributed by atoms with Crippen molar-refractivity contribution in [2.75, 3.05) is 13.2 Å². The molecular weight excluding hydrogens is 271 g/mol. The van der Waals surface area contributed by atoms with Gasteiger partial charge in [-0.15, -0.1) is 12.4 Å². The second-order valence-electron chi connectivity index (χ2n) is 4.09. The molecule has 19 heavy (non-hydrogen) atoms. The Bertz CT molecular complexity index is 391. The minimum atomic E-state index is -0.390. The average Bonchev–Trinajstić information content (AvgIpc) is 2.36. The molecule has 0 aliphatic rings. The van der Waals surface area contributed by atoms with Crippen molar-refractivity contribution in [1.82, 2.24) is 5.32 Å². The summed E-state index contributed by atoms with van der Waals surface area (Å²) < 4.78 is 18.4. The molecule has 4 nitrogen and oxygen atoms in total. The number of amides is 1. The third-order valence-corrected chi connectivity index (χ3v) is 2.40. The number of nitrogens with one attached hydrogen (secondary N) is 1. The Balaban J connectivity index is 0.00000324. The molecule has 6 heteroatoms. The molecule has 0 heterocycles. The third kappa shape index (κ3) is 6.98. The van der Waals surface area contributed by atoms with Gasteiger partial charge in [-0.25, -0.2) is 4.39 Å². The lowest BCUT2D eigenvalue weighted by atomic mass is 10.2. The van der Waals surface area contributed by atoms with Crippen LogP contribution in [0.3, 0.4) is 0 Å². The van der Waals surface area contributed by atoms with Gasteiger partial charge in [0.25, 0.3) is 0 Å². The first-order valence-electron chi connectivity index (χ1n) is 6.00. The average molecular weight is 291 g/mol. The van der Waals surface area contributed by atoms with Gasteiger partial charge in [0, 0.05) is 19.0 Å². The molecular formula is C13H20ClFN2O2. The maximum Gasteiger partial charge on any atom is 0.220 e. The van der Waals surface area contributed by atoms with E-state index in [9.17, 15) is 9.18 Å². The third-order valence-electron chi connectivity index (χ3n) is 2.40. The zero-order valence-corrected chi connectivity index (χ0v) is 11.7. The van der Waals surface area contributed by atoms with Crippen LogP contribution in [0.15, 0.2) is 24.3 Å². The van der Waals surface area contributed by atoms with Crippen LogP contribution in [0.2, 0.25) is 0 Å². The lowest BCUT2D eigenvalue weighted by Crippen LogP contribution is -2.37. The number of nitrogens with two attached hydrogens (primary N) is 1. The maximum atomic E-state index is 13.2. The van der Waals surface area contributed by atoms with Crippen LogP contribution in [0.1, 0.15) is 19.8 Å². The molecule has 0 radical (unpaired) electrons. The van der Waals surface area contributed by atoms with Crippen LogP contribution in [-0.4, -0.2) is 25.1 Å². The SMILES string of the molecule is C[C@@H](CN)NC(=O)CCCOc1ccccc1F.Cl. The van der Waals surface area contributed by atoms with Gasteiger partial charge in [0.1, 0.15) is 0 Å². The second-order valence-corrected chi connectivity index (χ2v) is 4.09. The van der Waals surface area contributed by atoms with Crippen LogP contribution >= 0.6 is 12.4 Å². The summed E-state index contributed by atoms with van der Waals surface area (Å²) in [5, 5.41) is 2.75. The van der Waals surface area contributed by atoms with Gasteiger partial charge in [0.15, 0.2) is 11.6 Å². The Kier molecular flexibility index (Phi) is 8.91. The highest BCUT2D eigenvalue weighted by molar-refractivity contribution is 5.85. The number of para-hydroxylation sites is 1. The largest absolute Gasteiger partial charge is 0.491 e. The number of halogens is 2. The first kappa shape index (κ1) is 17.7. The molecule has 1 aromatic carbocycles. The van der Waals surface area contributed by atoms with Crippen molar-refractivity contribution in [3.63, 3.8) is 0 Å². The van der Waals surface area contributed by atoms with E-state index < -0.39 is 5.82 Å². The number of hydrogen-bond donors (Lipinski definition) is 2. The Morgan fingerprint density at radius 3 is 2.79 bits per heavy atom. The minimum absolute atomic E-state index is 0. The molecule has 1 aromatic rings. The van der Waals surface area contributed by atoms with Gasteiger partial charge in [-0.1, -0.05) is 12.1 Å². The summed E-state index contributed by atoms with van der Waals surface area (Å²) in [6.07, 6.45) is 0.885.